The normalized spacial score (nSPS) is 10.0. The number of nitrogens with one attached hydrogen (secondary N) is 2. The van der Waals surface area contributed by atoms with Crippen LogP contribution < -0.4 is 10.6 Å². The third kappa shape index (κ3) is 4.90. The van der Waals surface area contributed by atoms with Crippen LogP contribution in [-0.2, 0) is 4.74 Å². The quantitative estimate of drug-likeness (QED) is 0.609. The zero-order chi connectivity index (χ0) is 16.8. The summed E-state index contributed by atoms with van der Waals surface area (Å²) in [5.74, 6) is -0.714. The van der Waals surface area contributed by atoms with Crippen molar-refractivity contribution < 1.29 is 18.7 Å². The molecule has 1 aromatic heterocycles. The number of benzene rings is 1. The Morgan fingerprint density at radius 2 is 1.91 bits per heavy atom. The van der Waals surface area contributed by atoms with Crippen LogP contribution in [0.4, 0.5) is 5.69 Å². The first kappa shape index (κ1) is 17.2. The van der Waals surface area contributed by atoms with Gasteiger partial charge in [-0.15, -0.1) is 0 Å². The highest BCUT2D eigenvalue weighted by atomic mass is 79.9. The number of amides is 1. The summed E-state index contributed by atoms with van der Waals surface area (Å²) in [4.78, 5) is 23.4. The number of hydrogen-bond acceptors (Lipinski definition) is 5. The molecule has 0 atom stereocenters. The topological polar surface area (TPSA) is 80.6 Å². The minimum atomic E-state index is -0.462. The van der Waals surface area contributed by atoms with Crippen molar-refractivity contribution in [2.45, 2.75) is 6.92 Å². The monoisotopic (exact) mass is 396 g/mol. The van der Waals surface area contributed by atoms with E-state index >= 15 is 0 Å². The maximum absolute atomic E-state index is 11.9. The molecule has 1 amide bonds. The van der Waals surface area contributed by atoms with E-state index in [-0.39, 0.29) is 10.9 Å². The Kier molecular flexibility index (Phi) is 5.89. The number of hydrogen-bond donors (Lipinski definition) is 2. The van der Waals surface area contributed by atoms with E-state index in [1.165, 1.54) is 6.07 Å². The zero-order valence-electron chi connectivity index (χ0n) is 12.1. The molecule has 8 heteroatoms. The maximum Gasteiger partial charge on any atom is 0.338 e. The minimum absolute atomic E-state index is 0.117. The average Bonchev–Trinajstić information content (AvgIpc) is 2.95. The van der Waals surface area contributed by atoms with E-state index < -0.39 is 11.9 Å². The third-order valence-corrected chi connectivity index (χ3v) is 3.31. The highest BCUT2D eigenvalue weighted by molar-refractivity contribution is 9.10. The molecule has 0 spiro atoms. The Labute approximate surface area is 146 Å². The van der Waals surface area contributed by atoms with Gasteiger partial charge in [0.15, 0.2) is 15.5 Å². The number of esters is 1. The van der Waals surface area contributed by atoms with Crippen molar-refractivity contribution >= 4 is 50.8 Å². The van der Waals surface area contributed by atoms with Gasteiger partial charge in [-0.3, -0.25) is 10.1 Å². The molecule has 1 heterocycles. The molecule has 0 saturated carbocycles. The molecule has 23 heavy (non-hydrogen) atoms. The Morgan fingerprint density at radius 1 is 1.22 bits per heavy atom. The summed E-state index contributed by atoms with van der Waals surface area (Å²) in [6.45, 7) is 2.06. The molecule has 120 valence electrons. The van der Waals surface area contributed by atoms with Gasteiger partial charge in [-0.05, 0) is 71.5 Å². The molecular weight excluding hydrogens is 384 g/mol. The number of carbonyl (C=O) groups is 2. The molecule has 0 unspecified atom stereocenters. The summed E-state index contributed by atoms with van der Waals surface area (Å²) in [6.07, 6.45) is 0. The number of thiocarbonyl (C=S) groups is 1. The summed E-state index contributed by atoms with van der Waals surface area (Å²) >= 11 is 8.17. The summed E-state index contributed by atoms with van der Waals surface area (Å²) < 4.78 is 10.5. The lowest BCUT2D eigenvalue weighted by Gasteiger charge is -2.09. The number of ether oxygens (including phenoxy) is 1. The van der Waals surface area contributed by atoms with E-state index in [4.69, 9.17) is 21.4 Å². The molecular formula is C15H13BrN2O4S. The maximum atomic E-state index is 11.9. The van der Waals surface area contributed by atoms with Gasteiger partial charge in [0.2, 0.25) is 0 Å². The number of furan rings is 1. The predicted molar refractivity (Wildman–Crippen MR) is 92.5 cm³/mol. The van der Waals surface area contributed by atoms with Crippen LogP contribution in [0.2, 0.25) is 0 Å². The molecule has 0 fully saturated rings. The van der Waals surface area contributed by atoms with Gasteiger partial charge < -0.3 is 14.5 Å². The van der Waals surface area contributed by atoms with Crippen molar-refractivity contribution in [1.82, 2.24) is 5.32 Å². The summed E-state index contributed by atoms with van der Waals surface area (Å²) in [5.41, 5.74) is 1.07. The summed E-state index contributed by atoms with van der Waals surface area (Å²) in [7, 11) is 0. The lowest BCUT2D eigenvalue weighted by atomic mass is 10.2. The smallest absolute Gasteiger partial charge is 0.338 e. The molecule has 0 aliphatic carbocycles. The van der Waals surface area contributed by atoms with Crippen LogP contribution in [0, 0.1) is 0 Å². The first-order valence-electron chi connectivity index (χ1n) is 6.64. The highest BCUT2D eigenvalue weighted by Gasteiger charge is 2.12. The van der Waals surface area contributed by atoms with Crippen LogP contribution in [0.1, 0.15) is 27.8 Å². The molecule has 0 bridgehead atoms. The number of carbonyl (C=O) groups excluding carboxylic acids is 2. The van der Waals surface area contributed by atoms with Gasteiger partial charge in [0.05, 0.1) is 12.2 Å². The first-order chi connectivity index (χ1) is 11.0. The predicted octanol–water partition coefficient (Wildman–Crippen LogP) is 3.35. The van der Waals surface area contributed by atoms with Crippen LogP contribution in [0.15, 0.2) is 45.5 Å². The average molecular weight is 397 g/mol. The van der Waals surface area contributed by atoms with Crippen molar-refractivity contribution in [3.8, 4) is 0 Å². The van der Waals surface area contributed by atoms with Crippen molar-refractivity contribution in [2.75, 3.05) is 11.9 Å². The van der Waals surface area contributed by atoms with Gasteiger partial charge in [-0.25, -0.2) is 4.79 Å². The fourth-order valence-corrected chi connectivity index (χ4v) is 2.18. The van der Waals surface area contributed by atoms with Crippen LogP contribution in [0.5, 0.6) is 0 Å². The van der Waals surface area contributed by atoms with Crippen molar-refractivity contribution in [3.05, 3.63) is 52.4 Å². The number of halogens is 1. The van der Waals surface area contributed by atoms with E-state index in [2.05, 4.69) is 26.6 Å². The van der Waals surface area contributed by atoms with Gasteiger partial charge in [0, 0.05) is 5.69 Å². The van der Waals surface area contributed by atoms with Crippen molar-refractivity contribution in [1.29, 1.82) is 0 Å². The molecule has 0 aliphatic heterocycles. The van der Waals surface area contributed by atoms with Gasteiger partial charge >= 0.3 is 5.97 Å². The molecule has 1 aromatic carbocycles. The second-order valence-electron chi connectivity index (χ2n) is 4.31. The lowest BCUT2D eigenvalue weighted by molar-refractivity contribution is 0.0526. The number of anilines is 1. The third-order valence-electron chi connectivity index (χ3n) is 2.68. The van der Waals surface area contributed by atoms with Gasteiger partial charge in [-0.1, -0.05) is 0 Å². The Bertz CT molecular complexity index is 727. The lowest BCUT2D eigenvalue weighted by Crippen LogP contribution is -2.33. The molecule has 6 nitrogen and oxygen atoms in total. The van der Waals surface area contributed by atoms with E-state index in [1.54, 1.807) is 37.3 Å². The van der Waals surface area contributed by atoms with E-state index in [1.807, 2.05) is 0 Å². The highest BCUT2D eigenvalue weighted by Crippen LogP contribution is 2.14. The van der Waals surface area contributed by atoms with Gasteiger partial charge in [0.25, 0.3) is 5.91 Å². The zero-order valence-corrected chi connectivity index (χ0v) is 14.5. The van der Waals surface area contributed by atoms with Crippen molar-refractivity contribution in [3.63, 3.8) is 0 Å². The molecule has 2 aromatic rings. The summed E-state index contributed by atoms with van der Waals surface area (Å²) in [5, 5.41) is 5.45. The summed E-state index contributed by atoms with van der Waals surface area (Å²) in [6, 6.07) is 9.67. The number of rotatable bonds is 4. The van der Waals surface area contributed by atoms with Crippen LogP contribution in [-0.4, -0.2) is 23.6 Å². The second-order valence-corrected chi connectivity index (χ2v) is 5.50. The standard InChI is InChI=1S/C15H13BrN2O4S/c1-2-21-14(20)9-3-5-10(6-4-9)17-15(23)18-13(19)11-7-8-12(16)22-11/h3-8H,2H2,1H3,(H2,17,18,19,23). The Hall–Kier alpha value is -2.19. The van der Waals surface area contributed by atoms with Crippen LogP contribution >= 0.6 is 28.1 Å². The molecule has 2 N–H and O–H groups in total. The molecule has 0 radical (unpaired) electrons. The SMILES string of the molecule is CCOC(=O)c1ccc(NC(=S)NC(=O)c2ccc(Br)o2)cc1. The van der Waals surface area contributed by atoms with Crippen molar-refractivity contribution in [2.24, 2.45) is 0 Å². The minimum Gasteiger partial charge on any atom is -0.462 e. The van der Waals surface area contributed by atoms with E-state index in [0.717, 1.165) is 0 Å². The molecule has 0 aliphatic rings. The molecule has 2 rings (SSSR count). The fourth-order valence-electron chi connectivity index (χ4n) is 1.67. The Balaban J connectivity index is 1.92. The van der Waals surface area contributed by atoms with Crippen LogP contribution in [0.25, 0.3) is 0 Å². The van der Waals surface area contributed by atoms with Gasteiger partial charge in [-0.2, -0.15) is 0 Å². The fraction of sp³-hybridized carbons (Fsp3) is 0.133. The van der Waals surface area contributed by atoms with Crippen LogP contribution in [0.3, 0.4) is 0 Å². The first-order valence-corrected chi connectivity index (χ1v) is 7.84. The van der Waals surface area contributed by atoms with E-state index in [9.17, 15) is 9.59 Å². The van der Waals surface area contributed by atoms with Gasteiger partial charge in [0.1, 0.15) is 0 Å². The van der Waals surface area contributed by atoms with E-state index in [0.29, 0.717) is 22.5 Å². The Morgan fingerprint density at radius 3 is 2.48 bits per heavy atom. The largest absolute Gasteiger partial charge is 0.462 e. The second kappa shape index (κ2) is 7.89. The molecule has 0 saturated heterocycles.